The van der Waals surface area contributed by atoms with E-state index in [0.29, 0.717) is 5.92 Å². The molecule has 0 rings (SSSR count). The molecule has 0 aromatic carbocycles. The van der Waals surface area contributed by atoms with Gasteiger partial charge in [-0.2, -0.15) is 5.10 Å². The van der Waals surface area contributed by atoms with E-state index in [0.717, 1.165) is 5.71 Å². The molecule has 0 spiro atoms. The van der Waals surface area contributed by atoms with Crippen LogP contribution in [0.5, 0.6) is 0 Å². The van der Waals surface area contributed by atoms with Crippen molar-refractivity contribution in [2.75, 3.05) is 0 Å². The first-order chi connectivity index (χ1) is 4.54. The number of guanidine groups is 1. The summed E-state index contributed by atoms with van der Waals surface area (Å²) < 4.78 is 0. The first kappa shape index (κ1) is 8.94. The van der Waals surface area contributed by atoms with E-state index in [1.807, 2.05) is 20.8 Å². The molecule has 0 radical (unpaired) electrons. The smallest absolute Gasteiger partial charge is 0.211 e. The van der Waals surface area contributed by atoms with Crippen LogP contribution >= 0.6 is 0 Å². The Morgan fingerprint density at radius 1 is 1.20 bits per heavy atom. The van der Waals surface area contributed by atoms with Crippen molar-refractivity contribution >= 4 is 11.7 Å². The van der Waals surface area contributed by atoms with Gasteiger partial charge in [-0.25, -0.2) is 0 Å². The Bertz CT molecular complexity index is 153. The van der Waals surface area contributed by atoms with Crippen LogP contribution in [0.4, 0.5) is 0 Å². The van der Waals surface area contributed by atoms with Gasteiger partial charge in [-0.05, 0) is 12.8 Å². The summed E-state index contributed by atoms with van der Waals surface area (Å²) in [5.41, 5.74) is 11.0. The fraction of sp³-hybridized carbons (Fsp3) is 0.667. The van der Waals surface area contributed by atoms with Crippen LogP contribution in [0.15, 0.2) is 10.2 Å². The number of hydrogen-bond donors (Lipinski definition) is 2. The molecule has 0 atom stereocenters. The SMILES string of the molecule is CC(=NN=C(N)N)C(C)C. The molecular weight excluding hydrogens is 128 g/mol. The van der Waals surface area contributed by atoms with E-state index in [1.54, 1.807) is 0 Å². The lowest BCUT2D eigenvalue weighted by atomic mass is 10.1. The highest BCUT2D eigenvalue weighted by atomic mass is 15.3. The van der Waals surface area contributed by atoms with E-state index >= 15 is 0 Å². The summed E-state index contributed by atoms with van der Waals surface area (Å²) in [6.07, 6.45) is 0. The number of hydrogen-bond acceptors (Lipinski definition) is 2. The highest BCUT2D eigenvalue weighted by Gasteiger charge is 1.95. The maximum Gasteiger partial charge on any atom is 0.211 e. The van der Waals surface area contributed by atoms with E-state index < -0.39 is 0 Å². The maximum atomic E-state index is 5.06. The normalized spacial score (nSPS) is 11.8. The van der Waals surface area contributed by atoms with Gasteiger partial charge in [0.2, 0.25) is 5.96 Å². The van der Waals surface area contributed by atoms with Crippen LogP contribution < -0.4 is 11.5 Å². The van der Waals surface area contributed by atoms with Crippen molar-refractivity contribution in [2.24, 2.45) is 27.6 Å². The second-order valence-electron chi connectivity index (χ2n) is 2.42. The molecule has 0 aromatic rings. The van der Waals surface area contributed by atoms with E-state index in [2.05, 4.69) is 10.2 Å². The van der Waals surface area contributed by atoms with Crippen molar-refractivity contribution < 1.29 is 0 Å². The Morgan fingerprint density at radius 2 is 1.70 bits per heavy atom. The van der Waals surface area contributed by atoms with Crippen LogP contribution in [0.2, 0.25) is 0 Å². The zero-order valence-corrected chi connectivity index (χ0v) is 6.63. The highest BCUT2D eigenvalue weighted by Crippen LogP contribution is 1.95. The lowest BCUT2D eigenvalue weighted by Crippen LogP contribution is -2.22. The van der Waals surface area contributed by atoms with E-state index in [9.17, 15) is 0 Å². The summed E-state index contributed by atoms with van der Waals surface area (Å²) >= 11 is 0. The summed E-state index contributed by atoms with van der Waals surface area (Å²) in [5.74, 6) is 0.392. The minimum Gasteiger partial charge on any atom is -0.369 e. The van der Waals surface area contributed by atoms with Gasteiger partial charge in [0.1, 0.15) is 0 Å². The number of nitrogens with two attached hydrogens (primary N) is 2. The van der Waals surface area contributed by atoms with Gasteiger partial charge in [-0.3, -0.25) is 0 Å². The lowest BCUT2D eigenvalue weighted by molar-refractivity contribution is 0.869. The molecule has 4 N–H and O–H groups in total. The van der Waals surface area contributed by atoms with Crippen molar-refractivity contribution in [1.82, 2.24) is 0 Å². The van der Waals surface area contributed by atoms with Crippen LogP contribution in [0.3, 0.4) is 0 Å². The minimum atomic E-state index is 0.000000000000000222. The van der Waals surface area contributed by atoms with Crippen LogP contribution in [0.1, 0.15) is 20.8 Å². The second kappa shape index (κ2) is 3.87. The highest BCUT2D eigenvalue weighted by molar-refractivity contribution is 5.84. The number of rotatable bonds is 2. The van der Waals surface area contributed by atoms with Gasteiger partial charge in [0.05, 0.1) is 0 Å². The number of nitrogens with zero attached hydrogens (tertiary/aromatic N) is 2. The van der Waals surface area contributed by atoms with Crippen molar-refractivity contribution in [2.45, 2.75) is 20.8 Å². The van der Waals surface area contributed by atoms with Crippen LogP contribution in [-0.4, -0.2) is 11.7 Å². The summed E-state index contributed by atoms with van der Waals surface area (Å²) in [6.45, 7) is 5.94. The van der Waals surface area contributed by atoms with Gasteiger partial charge in [0.15, 0.2) is 0 Å². The van der Waals surface area contributed by atoms with E-state index in [4.69, 9.17) is 11.5 Å². The summed E-state index contributed by atoms with van der Waals surface area (Å²) in [5, 5.41) is 7.28. The van der Waals surface area contributed by atoms with Gasteiger partial charge < -0.3 is 11.5 Å². The Morgan fingerprint density at radius 3 is 2.00 bits per heavy atom. The molecule has 0 aliphatic carbocycles. The molecule has 0 aliphatic rings. The minimum absolute atomic E-state index is 0.000000000000000222. The standard InChI is InChI=1S/C6H14N4/c1-4(2)5(3)9-10-6(7)8/h4H,1-3H3,(H4,7,8,10). The molecule has 4 heteroatoms. The van der Waals surface area contributed by atoms with Gasteiger partial charge in [-0.1, -0.05) is 13.8 Å². The molecule has 0 heterocycles. The average Bonchev–Trinajstić information content (AvgIpc) is 1.82. The third kappa shape index (κ3) is 3.88. The molecule has 0 aromatic heterocycles. The molecule has 0 unspecified atom stereocenters. The average molecular weight is 142 g/mol. The van der Waals surface area contributed by atoms with Gasteiger partial charge in [0.25, 0.3) is 0 Å². The molecule has 0 bridgehead atoms. The molecule has 0 saturated heterocycles. The molecule has 0 amide bonds. The summed E-state index contributed by atoms with van der Waals surface area (Å²) in [6, 6.07) is 0. The fourth-order valence-corrected chi connectivity index (χ4v) is 0.252. The molecule has 10 heavy (non-hydrogen) atoms. The van der Waals surface area contributed by atoms with Crippen LogP contribution in [0.25, 0.3) is 0 Å². The Balaban J connectivity index is 4.05. The Labute approximate surface area is 61.0 Å². The van der Waals surface area contributed by atoms with Gasteiger partial charge >= 0.3 is 0 Å². The van der Waals surface area contributed by atoms with E-state index in [1.165, 1.54) is 0 Å². The molecular formula is C6H14N4. The van der Waals surface area contributed by atoms with Gasteiger partial charge in [0, 0.05) is 5.71 Å². The quantitative estimate of drug-likeness (QED) is 0.330. The third-order valence-corrected chi connectivity index (χ3v) is 1.16. The maximum absolute atomic E-state index is 5.06. The lowest BCUT2D eigenvalue weighted by Gasteiger charge is -1.99. The van der Waals surface area contributed by atoms with Gasteiger partial charge in [-0.15, -0.1) is 5.10 Å². The molecule has 0 fully saturated rings. The van der Waals surface area contributed by atoms with Crippen LogP contribution in [-0.2, 0) is 0 Å². The Hall–Kier alpha value is -1.06. The monoisotopic (exact) mass is 142 g/mol. The zero-order chi connectivity index (χ0) is 8.15. The van der Waals surface area contributed by atoms with Crippen LogP contribution in [0, 0.1) is 5.92 Å². The summed E-state index contributed by atoms with van der Waals surface area (Å²) in [4.78, 5) is 0. The van der Waals surface area contributed by atoms with Crippen molar-refractivity contribution in [3.63, 3.8) is 0 Å². The first-order valence-corrected chi connectivity index (χ1v) is 3.17. The first-order valence-electron chi connectivity index (χ1n) is 3.17. The molecule has 58 valence electrons. The topological polar surface area (TPSA) is 76.8 Å². The zero-order valence-electron chi connectivity index (χ0n) is 6.63. The largest absolute Gasteiger partial charge is 0.369 e. The predicted molar refractivity (Wildman–Crippen MR) is 43.8 cm³/mol. The molecule has 0 aliphatic heterocycles. The Kier molecular flexibility index (Phi) is 3.46. The van der Waals surface area contributed by atoms with Crippen molar-refractivity contribution in [3.05, 3.63) is 0 Å². The second-order valence-corrected chi connectivity index (χ2v) is 2.42. The van der Waals surface area contributed by atoms with E-state index in [-0.39, 0.29) is 5.96 Å². The predicted octanol–water partition coefficient (Wildman–Crippen LogP) is 0.292. The molecule has 0 saturated carbocycles. The van der Waals surface area contributed by atoms with Crippen molar-refractivity contribution in [1.29, 1.82) is 0 Å². The van der Waals surface area contributed by atoms with Crippen molar-refractivity contribution in [3.8, 4) is 0 Å². The summed E-state index contributed by atoms with van der Waals surface area (Å²) in [7, 11) is 0. The fourth-order valence-electron chi connectivity index (χ4n) is 0.252. The third-order valence-electron chi connectivity index (χ3n) is 1.16. The molecule has 4 nitrogen and oxygen atoms in total.